The van der Waals surface area contributed by atoms with Crippen molar-refractivity contribution in [1.29, 1.82) is 0 Å². The van der Waals surface area contributed by atoms with Gasteiger partial charge in [0, 0.05) is 0 Å². The molecule has 0 radical (unpaired) electrons. The zero-order valence-electron chi connectivity index (χ0n) is 13.3. The highest BCUT2D eigenvalue weighted by Gasteiger charge is 2.31. The third-order valence-corrected chi connectivity index (χ3v) is 3.92. The topological polar surface area (TPSA) is 87.3 Å². The average Bonchev–Trinajstić information content (AvgIpc) is 3.22. The number of hydrogen-bond donors (Lipinski definition) is 3. The molecule has 0 saturated heterocycles. The number of rotatable bonds is 7. The van der Waals surface area contributed by atoms with E-state index in [-0.39, 0.29) is 30.3 Å². The van der Waals surface area contributed by atoms with E-state index >= 15 is 0 Å². The highest BCUT2D eigenvalue weighted by molar-refractivity contribution is 7.92. The Hall–Kier alpha value is -1.52. The van der Waals surface area contributed by atoms with Crippen LogP contribution in [0.1, 0.15) is 18.4 Å². The van der Waals surface area contributed by atoms with Gasteiger partial charge in [0.05, 0.1) is 29.7 Å². The standard InChI is InChI=1S/C14H18F3N3O3S.ClH/c1-24(22,23)20-11-5-4-10(14(15,16)17)6-12(11)19-13(21)8-18-7-9-2-3-9;/h4-6,9,18,20H,2-3,7-8H2,1H3,(H,19,21);1H. The maximum absolute atomic E-state index is 12.8. The summed E-state index contributed by atoms with van der Waals surface area (Å²) in [7, 11) is -3.70. The fourth-order valence-electron chi connectivity index (χ4n) is 2.02. The maximum Gasteiger partial charge on any atom is 0.416 e. The maximum atomic E-state index is 12.8. The summed E-state index contributed by atoms with van der Waals surface area (Å²) in [6.45, 7) is 0.607. The van der Waals surface area contributed by atoms with Gasteiger partial charge in [-0.1, -0.05) is 0 Å². The molecule has 0 aromatic heterocycles. The molecular weight excluding hydrogens is 383 g/mol. The van der Waals surface area contributed by atoms with Crippen LogP contribution in [0.5, 0.6) is 0 Å². The molecule has 0 aliphatic heterocycles. The van der Waals surface area contributed by atoms with Crippen LogP contribution in [0.15, 0.2) is 18.2 Å². The summed E-state index contributed by atoms with van der Waals surface area (Å²) in [5.41, 5.74) is -1.35. The summed E-state index contributed by atoms with van der Waals surface area (Å²) in [5.74, 6) is 0.000319. The van der Waals surface area contributed by atoms with Crippen molar-refractivity contribution in [3.8, 4) is 0 Å². The van der Waals surface area contributed by atoms with E-state index in [2.05, 4.69) is 15.4 Å². The number of halogens is 4. The minimum Gasteiger partial charge on any atom is -0.323 e. The van der Waals surface area contributed by atoms with Gasteiger partial charge in [-0.2, -0.15) is 13.2 Å². The van der Waals surface area contributed by atoms with Gasteiger partial charge in [0.25, 0.3) is 0 Å². The average molecular weight is 402 g/mol. The van der Waals surface area contributed by atoms with Crippen LogP contribution in [0.4, 0.5) is 24.5 Å². The Balaban J connectivity index is 0.00000312. The molecule has 11 heteroatoms. The largest absolute Gasteiger partial charge is 0.416 e. The molecule has 0 bridgehead atoms. The predicted molar refractivity (Wildman–Crippen MR) is 91.4 cm³/mol. The first-order valence-electron chi connectivity index (χ1n) is 7.24. The fourth-order valence-corrected chi connectivity index (χ4v) is 2.60. The molecule has 3 N–H and O–H groups in total. The Bertz CT molecular complexity index is 722. The smallest absolute Gasteiger partial charge is 0.323 e. The molecule has 1 fully saturated rings. The molecule has 0 spiro atoms. The van der Waals surface area contributed by atoms with Crippen molar-refractivity contribution >= 4 is 39.7 Å². The molecule has 6 nitrogen and oxygen atoms in total. The first kappa shape index (κ1) is 21.5. The lowest BCUT2D eigenvalue weighted by atomic mass is 10.1. The van der Waals surface area contributed by atoms with Gasteiger partial charge >= 0.3 is 6.18 Å². The molecule has 0 atom stereocenters. The van der Waals surface area contributed by atoms with Gasteiger partial charge in [-0.3, -0.25) is 9.52 Å². The zero-order valence-corrected chi connectivity index (χ0v) is 14.9. The van der Waals surface area contributed by atoms with Crippen LogP contribution in [0.2, 0.25) is 0 Å². The number of alkyl halides is 3. The van der Waals surface area contributed by atoms with E-state index in [4.69, 9.17) is 0 Å². The van der Waals surface area contributed by atoms with Gasteiger partial charge in [0.15, 0.2) is 0 Å². The molecule has 1 aromatic carbocycles. The molecule has 1 saturated carbocycles. The molecule has 1 amide bonds. The Morgan fingerprint density at radius 2 is 1.88 bits per heavy atom. The van der Waals surface area contributed by atoms with Gasteiger partial charge in [0.2, 0.25) is 15.9 Å². The summed E-state index contributed by atoms with van der Waals surface area (Å²) in [6.07, 6.45) is -1.53. The predicted octanol–water partition coefficient (Wildman–Crippen LogP) is 2.44. The van der Waals surface area contributed by atoms with E-state index < -0.39 is 27.7 Å². The minimum atomic E-state index is -4.60. The summed E-state index contributed by atoms with van der Waals surface area (Å²) in [4.78, 5) is 11.9. The van der Waals surface area contributed by atoms with Gasteiger partial charge in [0.1, 0.15) is 0 Å². The van der Waals surface area contributed by atoms with Crippen molar-refractivity contribution in [1.82, 2.24) is 5.32 Å². The van der Waals surface area contributed by atoms with Crippen molar-refractivity contribution in [3.63, 3.8) is 0 Å². The van der Waals surface area contributed by atoms with E-state index in [1.54, 1.807) is 0 Å². The third kappa shape index (κ3) is 7.49. The van der Waals surface area contributed by atoms with E-state index in [0.29, 0.717) is 18.5 Å². The van der Waals surface area contributed by atoms with Crippen LogP contribution in [0.3, 0.4) is 0 Å². The van der Waals surface area contributed by atoms with Gasteiger partial charge in [-0.15, -0.1) is 12.4 Å². The summed E-state index contributed by atoms with van der Waals surface area (Å²) in [6, 6.07) is 2.41. The van der Waals surface area contributed by atoms with Crippen LogP contribution >= 0.6 is 12.4 Å². The Morgan fingerprint density at radius 1 is 1.24 bits per heavy atom. The van der Waals surface area contributed by atoms with Gasteiger partial charge < -0.3 is 10.6 Å². The number of sulfonamides is 1. The second-order valence-electron chi connectivity index (χ2n) is 5.75. The summed E-state index contributed by atoms with van der Waals surface area (Å²) >= 11 is 0. The first-order chi connectivity index (χ1) is 11.0. The second-order valence-corrected chi connectivity index (χ2v) is 7.50. The fraction of sp³-hybridized carbons (Fsp3) is 0.500. The van der Waals surface area contributed by atoms with Crippen molar-refractivity contribution in [2.75, 3.05) is 29.4 Å². The molecule has 1 aliphatic carbocycles. The third-order valence-electron chi connectivity index (χ3n) is 3.33. The van der Waals surface area contributed by atoms with E-state index in [0.717, 1.165) is 31.2 Å². The lowest BCUT2D eigenvalue weighted by molar-refractivity contribution is -0.137. The number of nitrogens with one attached hydrogen (secondary N) is 3. The zero-order chi connectivity index (χ0) is 18.0. The number of anilines is 2. The van der Waals surface area contributed by atoms with Crippen LogP contribution in [0, 0.1) is 5.92 Å². The Labute approximate surface area is 150 Å². The van der Waals surface area contributed by atoms with Gasteiger partial charge in [-0.05, 0) is 43.5 Å². The lowest BCUT2D eigenvalue weighted by Gasteiger charge is -2.15. The van der Waals surface area contributed by atoms with Crippen molar-refractivity contribution < 1.29 is 26.4 Å². The summed E-state index contributed by atoms with van der Waals surface area (Å²) in [5, 5.41) is 5.22. The van der Waals surface area contributed by atoms with E-state index in [1.165, 1.54) is 0 Å². The van der Waals surface area contributed by atoms with Crippen molar-refractivity contribution in [3.05, 3.63) is 23.8 Å². The number of carbonyl (C=O) groups is 1. The first-order valence-corrected chi connectivity index (χ1v) is 9.13. The summed E-state index contributed by atoms with van der Waals surface area (Å²) < 4.78 is 63.1. The number of hydrogen-bond acceptors (Lipinski definition) is 4. The van der Waals surface area contributed by atoms with Gasteiger partial charge in [-0.25, -0.2) is 8.42 Å². The molecule has 142 valence electrons. The van der Waals surface area contributed by atoms with Crippen molar-refractivity contribution in [2.45, 2.75) is 19.0 Å². The van der Waals surface area contributed by atoms with Crippen LogP contribution in [-0.4, -0.2) is 33.7 Å². The second kappa shape index (κ2) is 8.24. The van der Waals surface area contributed by atoms with Crippen LogP contribution in [-0.2, 0) is 21.0 Å². The lowest BCUT2D eigenvalue weighted by Crippen LogP contribution is -2.30. The molecule has 2 rings (SSSR count). The minimum absolute atomic E-state index is 0. The Kier molecular flexibility index (Phi) is 7.09. The highest BCUT2D eigenvalue weighted by Crippen LogP contribution is 2.34. The Morgan fingerprint density at radius 3 is 2.40 bits per heavy atom. The number of benzene rings is 1. The van der Waals surface area contributed by atoms with E-state index in [1.807, 2.05) is 0 Å². The molecule has 0 heterocycles. The molecule has 0 unspecified atom stereocenters. The molecule has 1 aliphatic rings. The highest BCUT2D eigenvalue weighted by atomic mass is 35.5. The molecular formula is C14H19ClF3N3O3S. The number of carbonyl (C=O) groups excluding carboxylic acids is 1. The van der Waals surface area contributed by atoms with Crippen molar-refractivity contribution in [2.24, 2.45) is 5.92 Å². The SMILES string of the molecule is CS(=O)(=O)Nc1ccc(C(F)(F)F)cc1NC(=O)CNCC1CC1.Cl. The van der Waals surface area contributed by atoms with Crippen LogP contribution in [0.25, 0.3) is 0 Å². The van der Waals surface area contributed by atoms with Crippen LogP contribution < -0.4 is 15.4 Å². The molecule has 1 aromatic rings. The normalized spacial score (nSPS) is 14.6. The quantitative estimate of drug-likeness (QED) is 0.655. The number of amides is 1. The molecule has 25 heavy (non-hydrogen) atoms. The van der Waals surface area contributed by atoms with E-state index in [9.17, 15) is 26.4 Å². The monoisotopic (exact) mass is 401 g/mol.